The van der Waals surface area contributed by atoms with Gasteiger partial charge in [0.15, 0.2) is 6.61 Å². The zero-order valence-corrected chi connectivity index (χ0v) is 14.2. The van der Waals surface area contributed by atoms with Crippen molar-refractivity contribution in [3.63, 3.8) is 0 Å². The van der Waals surface area contributed by atoms with Crippen LogP contribution in [-0.4, -0.2) is 54.0 Å². The van der Waals surface area contributed by atoms with Gasteiger partial charge >= 0.3 is 18.1 Å². The summed E-state index contributed by atoms with van der Waals surface area (Å²) in [6, 6.07) is 5.20. The molecule has 2 aromatic heterocycles. The number of rotatable bonds is 4. The predicted octanol–water partition coefficient (Wildman–Crippen LogP) is 2.38. The Morgan fingerprint density at radius 3 is 1.85 bits per heavy atom. The molecule has 27 heavy (non-hydrogen) atoms. The van der Waals surface area contributed by atoms with Gasteiger partial charge in [0.25, 0.3) is 0 Å². The summed E-state index contributed by atoms with van der Waals surface area (Å²) < 4.78 is 48.5. The number of carbonyl (C=O) groups excluding carboxylic acids is 2. The smallest absolute Gasteiger partial charge is 0.422 e. The molecule has 0 atom stereocenters. The maximum absolute atomic E-state index is 11.8. The quantitative estimate of drug-likeness (QED) is 0.796. The van der Waals surface area contributed by atoms with Crippen LogP contribution in [0.4, 0.5) is 13.2 Å². The molecule has 2 heterocycles. The molecule has 0 saturated heterocycles. The summed E-state index contributed by atoms with van der Waals surface area (Å²) in [6.07, 6.45) is -2.19. The molecule has 2 rings (SSSR count). The van der Waals surface area contributed by atoms with Crippen molar-refractivity contribution in [2.45, 2.75) is 6.18 Å². The maximum Gasteiger partial charge on any atom is 0.422 e. The number of alkyl halides is 3. The van der Waals surface area contributed by atoms with Gasteiger partial charge < -0.3 is 19.3 Å². The van der Waals surface area contributed by atoms with Crippen molar-refractivity contribution in [3.05, 3.63) is 48.0 Å². The Balaban J connectivity index is 0.000000289. The second-order valence-corrected chi connectivity index (χ2v) is 4.67. The van der Waals surface area contributed by atoms with Gasteiger partial charge in [-0.15, -0.1) is 0 Å². The third kappa shape index (κ3) is 8.03. The highest BCUT2D eigenvalue weighted by Crippen LogP contribution is 2.17. The molecule has 0 saturated carbocycles. The first kappa shape index (κ1) is 21.7. The van der Waals surface area contributed by atoms with Gasteiger partial charge in [-0.05, 0) is 24.3 Å². The number of hydrogen-bond donors (Lipinski definition) is 1. The molecule has 0 aliphatic carbocycles. The minimum atomic E-state index is -4.40. The molecule has 0 amide bonds. The number of pyridine rings is 2. The van der Waals surface area contributed by atoms with E-state index in [1.807, 2.05) is 0 Å². The second-order valence-electron chi connectivity index (χ2n) is 4.67. The van der Waals surface area contributed by atoms with Crippen molar-refractivity contribution in [2.75, 3.05) is 20.8 Å². The molecule has 0 fully saturated rings. The Labute approximate surface area is 151 Å². The van der Waals surface area contributed by atoms with Gasteiger partial charge in [0.1, 0.15) is 22.9 Å². The number of carbonyl (C=O) groups is 2. The van der Waals surface area contributed by atoms with E-state index in [9.17, 15) is 22.8 Å². The highest BCUT2D eigenvalue weighted by atomic mass is 19.4. The standard InChI is InChI=1S/C9H8F3NO3.C7H7NO3/c1-15-8(14)7-3-2-6(4-13-7)16-5-9(10,11)12;1-11-7(10)6-3-2-5(9)4-8-6/h2-4H,5H2,1H3;2-4,9H,1H3. The van der Waals surface area contributed by atoms with E-state index in [-0.39, 0.29) is 22.9 Å². The van der Waals surface area contributed by atoms with E-state index >= 15 is 0 Å². The van der Waals surface area contributed by atoms with Crippen molar-refractivity contribution in [2.24, 2.45) is 0 Å². The molecule has 11 heteroatoms. The first-order valence-electron chi connectivity index (χ1n) is 7.13. The molecule has 1 N–H and O–H groups in total. The number of methoxy groups -OCH3 is 2. The molecule has 0 spiro atoms. The fourth-order valence-electron chi connectivity index (χ4n) is 1.47. The fourth-order valence-corrected chi connectivity index (χ4v) is 1.47. The number of aromatic hydroxyl groups is 1. The van der Waals surface area contributed by atoms with E-state index in [1.165, 1.54) is 44.7 Å². The van der Waals surface area contributed by atoms with E-state index in [0.29, 0.717) is 0 Å². The minimum Gasteiger partial charge on any atom is -0.506 e. The van der Waals surface area contributed by atoms with Crippen LogP contribution >= 0.6 is 0 Å². The summed E-state index contributed by atoms with van der Waals surface area (Å²) in [5.41, 5.74) is 0.187. The molecule has 146 valence electrons. The van der Waals surface area contributed by atoms with Crippen LogP contribution in [0.15, 0.2) is 36.7 Å². The van der Waals surface area contributed by atoms with Crippen LogP contribution in [0.2, 0.25) is 0 Å². The van der Waals surface area contributed by atoms with E-state index in [2.05, 4.69) is 24.2 Å². The summed E-state index contributed by atoms with van der Waals surface area (Å²) in [7, 11) is 2.45. The van der Waals surface area contributed by atoms with Crippen molar-refractivity contribution >= 4 is 11.9 Å². The molecule has 0 unspecified atom stereocenters. The van der Waals surface area contributed by atoms with Crippen molar-refractivity contribution in [1.29, 1.82) is 0 Å². The molecule has 0 aliphatic rings. The molecule has 0 aliphatic heterocycles. The summed E-state index contributed by atoms with van der Waals surface area (Å²) in [6.45, 7) is -1.40. The number of halogens is 3. The number of ether oxygens (including phenoxy) is 3. The van der Waals surface area contributed by atoms with Crippen LogP contribution in [-0.2, 0) is 9.47 Å². The predicted molar refractivity (Wildman–Crippen MR) is 84.4 cm³/mol. The Morgan fingerprint density at radius 1 is 0.963 bits per heavy atom. The third-order valence-electron chi connectivity index (χ3n) is 2.68. The van der Waals surface area contributed by atoms with Gasteiger partial charge in [0.2, 0.25) is 0 Å². The second kappa shape index (κ2) is 9.94. The average molecular weight is 388 g/mol. The largest absolute Gasteiger partial charge is 0.506 e. The van der Waals surface area contributed by atoms with E-state index in [1.54, 1.807) is 0 Å². The van der Waals surface area contributed by atoms with E-state index in [0.717, 1.165) is 6.20 Å². The van der Waals surface area contributed by atoms with Gasteiger partial charge in [-0.1, -0.05) is 0 Å². The number of aromatic nitrogens is 2. The van der Waals surface area contributed by atoms with Crippen LogP contribution in [0.25, 0.3) is 0 Å². The van der Waals surface area contributed by atoms with Gasteiger partial charge in [-0.3, -0.25) is 0 Å². The highest BCUT2D eigenvalue weighted by molar-refractivity contribution is 5.87. The lowest BCUT2D eigenvalue weighted by Crippen LogP contribution is -2.19. The monoisotopic (exact) mass is 388 g/mol. The SMILES string of the molecule is COC(=O)c1ccc(O)cn1.COC(=O)c1ccc(OCC(F)(F)F)cn1. The average Bonchev–Trinajstić information content (AvgIpc) is 2.66. The van der Waals surface area contributed by atoms with Crippen LogP contribution in [0.3, 0.4) is 0 Å². The molecule has 2 aromatic rings. The normalized spacial score (nSPS) is 10.3. The van der Waals surface area contributed by atoms with Gasteiger partial charge in [-0.2, -0.15) is 13.2 Å². The van der Waals surface area contributed by atoms with E-state index in [4.69, 9.17) is 5.11 Å². The van der Waals surface area contributed by atoms with Crippen molar-refractivity contribution in [1.82, 2.24) is 9.97 Å². The maximum atomic E-state index is 11.8. The van der Waals surface area contributed by atoms with E-state index < -0.39 is 24.7 Å². The summed E-state index contributed by atoms with van der Waals surface area (Å²) >= 11 is 0. The number of nitrogens with zero attached hydrogens (tertiary/aromatic N) is 2. The zero-order valence-electron chi connectivity index (χ0n) is 14.2. The number of esters is 2. The number of hydrogen-bond acceptors (Lipinski definition) is 8. The lowest BCUT2D eigenvalue weighted by molar-refractivity contribution is -0.153. The minimum absolute atomic E-state index is 0.00172. The summed E-state index contributed by atoms with van der Waals surface area (Å²) in [5, 5.41) is 8.80. The highest BCUT2D eigenvalue weighted by Gasteiger charge is 2.28. The Morgan fingerprint density at radius 2 is 1.48 bits per heavy atom. The third-order valence-corrected chi connectivity index (χ3v) is 2.68. The van der Waals surface area contributed by atoms with Crippen LogP contribution < -0.4 is 4.74 Å². The van der Waals surface area contributed by atoms with Gasteiger partial charge in [0.05, 0.1) is 26.6 Å². The lowest BCUT2D eigenvalue weighted by atomic mass is 10.3. The zero-order chi connectivity index (χ0) is 20.4. The first-order valence-corrected chi connectivity index (χ1v) is 7.13. The Bertz CT molecular complexity index is 748. The van der Waals surface area contributed by atoms with Gasteiger partial charge in [-0.25, -0.2) is 19.6 Å². The molecule has 0 bridgehead atoms. The topological polar surface area (TPSA) is 108 Å². The summed E-state index contributed by atoms with van der Waals surface area (Å²) in [4.78, 5) is 28.9. The molecular formula is C16H15F3N2O6. The Kier molecular flexibility index (Phi) is 7.98. The fraction of sp³-hybridized carbons (Fsp3) is 0.250. The van der Waals surface area contributed by atoms with Crippen LogP contribution in [0.1, 0.15) is 21.0 Å². The van der Waals surface area contributed by atoms with Crippen LogP contribution in [0, 0.1) is 0 Å². The Hall–Kier alpha value is -3.37. The molecular weight excluding hydrogens is 373 g/mol. The lowest BCUT2D eigenvalue weighted by Gasteiger charge is -2.08. The van der Waals surface area contributed by atoms with Crippen LogP contribution in [0.5, 0.6) is 11.5 Å². The molecule has 0 aromatic carbocycles. The first-order chi connectivity index (χ1) is 12.7. The molecule has 8 nitrogen and oxygen atoms in total. The summed E-state index contributed by atoms with van der Waals surface area (Å²) in [5.74, 6) is -1.21. The van der Waals surface area contributed by atoms with Gasteiger partial charge in [0, 0.05) is 0 Å². The van der Waals surface area contributed by atoms with Crippen molar-refractivity contribution < 1.29 is 42.1 Å². The van der Waals surface area contributed by atoms with Crippen molar-refractivity contribution in [3.8, 4) is 11.5 Å². The molecule has 0 radical (unpaired) electrons.